The van der Waals surface area contributed by atoms with Gasteiger partial charge in [-0.1, -0.05) is 54.6 Å². The average Bonchev–Trinajstić information content (AvgIpc) is 2.56. The highest BCUT2D eigenvalue weighted by atomic mass is 17.1. The van der Waals surface area contributed by atoms with Crippen molar-refractivity contribution in [1.82, 2.24) is 0 Å². The van der Waals surface area contributed by atoms with Crippen molar-refractivity contribution in [3.63, 3.8) is 0 Å². The monoisotopic (exact) mass is 282 g/mol. The van der Waals surface area contributed by atoms with E-state index in [1.165, 1.54) is 0 Å². The summed E-state index contributed by atoms with van der Waals surface area (Å²) < 4.78 is 0. The van der Waals surface area contributed by atoms with Gasteiger partial charge in [-0.25, -0.2) is 4.89 Å². The third-order valence-corrected chi connectivity index (χ3v) is 3.93. The van der Waals surface area contributed by atoms with E-state index in [2.05, 4.69) is 4.89 Å². The van der Waals surface area contributed by atoms with E-state index >= 15 is 0 Å². The number of ketones is 2. The Bertz CT molecular complexity index is 693. The Labute approximate surface area is 121 Å². The summed E-state index contributed by atoms with van der Waals surface area (Å²) in [7, 11) is 0. The lowest BCUT2D eigenvalue weighted by molar-refractivity contribution is -0.289. The van der Waals surface area contributed by atoms with Crippen LogP contribution in [0.5, 0.6) is 0 Å². The Balaban J connectivity index is 2.07. The molecular weight excluding hydrogens is 268 g/mol. The highest BCUT2D eigenvalue weighted by Gasteiger charge is 2.51. The fourth-order valence-corrected chi connectivity index (χ4v) is 2.77. The number of hydrogen-bond donors (Lipinski definition) is 1. The predicted molar refractivity (Wildman–Crippen MR) is 76.3 cm³/mol. The van der Waals surface area contributed by atoms with Gasteiger partial charge in [0.2, 0.25) is 17.2 Å². The minimum Gasteiger partial charge on any atom is -0.290 e. The zero-order chi connectivity index (χ0) is 14.9. The highest BCUT2D eigenvalue weighted by Crippen LogP contribution is 2.33. The van der Waals surface area contributed by atoms with Gasteiger partial charge >= 0.3 is 0 Å². The maximum absolute atomic E-state index is 12.7. The Morgan fingerprint density at radius 3 is 2.43 bits per heavy atom. The smallest absolute Gasteiger partial charge is 0.228 e. The van der Waals surface area contributed by atoms with Gasteiger partial charge in [0.1, 0.15) is 0 Å². The molecule has 0 radical (unpaired) electrons. The van der Waals surface area contributed by atoms with Gasteiger partial charge in [0.05, 0.1) is 0 Å². The predicted octanol–water partition coefficient (Wildman–Crippen LogP) is 2.93. The molecule has 0 heterocycles. The standard InChI is InChI=1S/C17H14O4/c18-15(13-7-2-1-3-8-13)17(21-20)11-10-12-6-4-5-9-14(12)16(17)19/h1-9,20H,10-11H2. The molecule has 0 bridgehead atoms. The van der Waals surface area contributed by atoms with Crippen LogP contribution >= 0.6 is 0 Å². The summed E-state index contributed by atoms with van der Waals surface area (Å²) in [4.78, 5) is 29.8. The van der Waals surface area contributed by atoms with Crippen LogP contribution in [0.25, 0.3) is 0 Å². The molecule has 0 aromatic heterocycles. The van der Waals surface area contributed by atoms with Gasteiger partial charge in [-0.3, -0.25) is 14.8 Å². The Kier molecular flexibility index (Phi) is 3.41. The van der Waals surface area contributed by atoms with Crippen LogP contribution in [-0.2, 0) is 11.3 Å². The first-order valence-corrected chi connectivity index (χ1v) is 6.74. The average molecular weight is 282 g/mol. The van der Waals surface area contributed by atoms with Crippen molar-refractivity contribution in [2.45, 2.75) is 18.4 Å². The first kappa shape index (κ1) is 13.7. The first-order chi connectivity index (χ1) is 10.2. The van der Waals surface area contributed by atoms with Crippen molar-refractivity contribution in [2.24, 2.45) is 0 Å². The zero-order valence-corrected chi connectivity index (χ0v) is 11.3. The van der Waals surface area contributed by atoms with Gasteiger partial charge in [0, 0.05) is 11.1 Å². The van der Waals surface area contributed by atoms with Crippen molar-refractivity contribution in [1.29, 1.82) is 0 Å². The molecule has 2 aromatic rings. The van der Waals surface area contributed by atoms with Crippen LogP contribution in [0.3, 0.4) is 0 Å². The number of carbonyl (C=O) groups is 2. The molecule has 0 saturated heterocycles. The van der Waals surface area contributed by atoms with E-state index in [0.717, 1.165) is 5.56 Å². The van der Waals surface area contributed by atoms with Crippen LogP contribution in [-0.4, -0.2) is 22.4 Å². The second kappa shape index (κ2) is 5.24. The Morgan fingerprint density at radius 1 is 1.05 bits per heavy atom. The molecule has 0 spiro atoms. The maximum Gasteiger partial charge on any atom is 0.228 e. The summed E-state index contributed by atoms with van der Waals surface area (Å²) in [6.45, 7) is 0. The summed E-state index contributed by atoms with van der Waals surface area (Å²) >= 11 is 0. The number of carbonyl (C=O) groups excluding carboxylic acids is 2. The SMILES string of the molecule is O=C(c1ccccc1)C1(OO)CCc2ccccc2C1=O. The van der Waals surface area contributed by atoms with E-state index in [1.807, 2.05) is 12.1 Å². The van der Waals surface area contributed by atoms with Gasteiger partial charge in [0.25, 0.3) is 0 Å². The fraction of sp³-hybridized carbons (Fsp3) is 0.176. The van der Waals surface area contributed by atoms with Crippen LogP contribution in [0.1, 0.15) is 32.7 Å². The second-order valence-corrected chi connectivity index (χ2v) is 5.10. The van der Waals surface area contributed by atoms with Gasteiger partial charge < -0.3 is 0 Å². The van der Waals surface area contributed by atoms with Crippen molar-refractivity contribution in [3.05, 3.63) is 71.3 Å². The molecule has 0 saturated carbocycles. The van der Waals surface area contributed by atoms with E-state index in [-0.39, 0.29) is 6.42 Å². The molecule has 0 amide bonds. The molecular formula is C17H14O4. The molecule has 1 aliphatic carbocycles. The molecule has 21 heavy (non-hydrogen) atoms. The van der Waals surface area contributed by atoms with Gasteiger partial charge in [-0.15, -0.1) is 0 Å². The Morgan fingerprint density at radius 2 is 1.71 bits per heavy atom. The fourth-order valence-electron chi connectivity index (χ4n) is 2.77. The lowest BCUT2D eigenvalue weighted by Crippen LogP contribution is -2.51. The van der Waals surface area contributed by atoms with Crippen LogP contribution in [0.4, 0.5) is 0 Å². The molecule has 1 atom stereocenters. The van der Waals surface area contributed by atoms with Crippen molar-refractivity contribution in [3.8, 4) is 0 Å². The van der Waals surface area contributed by atoms with E-state index < -0.39 is 17.2 Å². The number of aryl methyl sites for hydroxylation is 1. The van der Waals surface area contributed by atoms with Crippen molar-refractivity contribution >= 4 is 11.6 Å². The molecule has 4 nitrogen and oxygen atoms in total. The molecule has 1 unspecified atom stereocenters. The lowest BCUT2D eigenvalue weighted by atomic mass is 9.75. The summed E-state index contributed by atoms with van der Waals surface area (Å²) in [6.07, 6.45) is 0.633. The van der Waals surface area contributed by atoms with Gasteiger partial charge in [-0.2, -0.15) is 0 Å². The molecule has 3 rings (SSSR count). The number of hydrogen-bond acceptors (Lipinski definition) is 4. The highest BCUT2D eigenvalue weighted by molar-refractivity contribution is 6.23. The van der Waals surface area contributed by atoms with Crippen molar-refractivity contribution < 1.29 is 19.7 Å². The molecule has 106 valence electrons. The maximum atomic E-state index is 12.7. The van der Waals surface area contributed by atoms with Crippen LogP contribution in [0.2, 0.25) is 0 Å². The van der Waals surface area contributed by atoms with Gasteiger partial charge in [0.15, 0.2) is 0 Å². The van der Waals surface area contributed by atoms with Crippen LogP contribution < -0.4 is 0 Å². The minimum absolute atomic E-state index is 0.132. The lowest BCUT2D eigenvalue weighted by Gasteiger charge is -2.32. The van der Waals surface area contributed by atoms with E-state index in [0.29, 0.717) is 17.5 Å². The summed E-state index contributed by atoms with van der Waals surface area (Å²) in [6, 6.07) is 15.5. The molecule has 1 N–H and O–H groups in total. The molecule has 1 aliphatic rings. The third-order valence-electron chi connectivity index (χ3n) is 3.93. The molecule has 2 aromatic carbocycles. The minimum atomic E-state index is -1.84. The summed E-state index contributed by atoms with van der Waals surface area (Å²) in [5.41, 5.74) is -0.187. The summed E-state index contributed by atoms with van der Waals surface area (Å²) in [5.74, 6) is -0.995. The normalized spacial score (nSPS) is 20.9. The molecule has 0 fully saturated rings. The van der Waals surface area contributed by atoms with E-state index in [4.69, 9.17) is 0 Å². The number of Topliss-reactive ketones (excluding diaryl/α,β-unsaturated/α-hetero) is 2. The molecule has 0 aliphatic heterocycles. The number of benzene rings is 2. The van der Waals surface area contributed by atoms with Crippen LogP contribution in [0, 0.1) is 0 Å². The van der Waals surface area contributed by atoms with Crippen molar-refractivity contribution in [2.75, 3.05) is 0 Å². The van der Waals surface area contributed by atoms with E-state index in [1.54, 1.807) is 42.5 Å². The largest absolute Gasteiger partial charge is 0.290 e. The number of fused-ring (bicyclic) bond motifs is 1. The first-order valence-electron chi connectivity index (χ1n) is 6.74. The molecule has 4 heteroatoms. The van der Waals surface area contributed by atoms with E-state index in [9.17, 15) is 14.8 Å². The quantitative estimate of drug-likeness (QED) is 0.407. The second-order valence-electron chi connectivity index (χ2n) is 5.10. The topological polar surface area (TPSA) is 63.6 Å². The Hall–Kier alpha value is -2.30. The number of rotatable bonds is 3. The zero-order valence-electron chi connectivity index (χ0n) is 11.3. The summed E-state index contributed by atoms with van der Waals surface area (Å²) in [5, 5.41) is 9.33. The van der Waals surface area contributed by atoms with Crippen LogP contribution in [0.15, 0.2) is 54.6 Å². The van der Waals surface area contributed by atoms with Gasteiger partial charge in [-0.05, 0) is 18.4 Å². The third kappa shape index (κ3) is 2.09.